The Morgan fingerprint density at radius 1 is 1.70 bits per heavy atom. The lowest BCUT2D eigenvalue weighted by Gasteiger charge is -1.97. The van der Waals surface area contributed by atoms with E-state index in [1.165, 1.54) is 0 Å². The minimum absolute atomic E-state index is 1.07. The lowest BCUT2D eigenvalue weighted by molar-refractivity contribution is 0.791. The summed E-state index contributed by atoms with van der Waals surface area (Å²) in [6.07, 6.45) is 5.88. The Morgan fingerprint density at radius 3 is 3.00 bits per heavy atom. The molecule has 0 aliphatic carbocycles. The predicted molar refractivity (Wildman–Crippen MR) is 47.4 cm³/mol. The van der Waals surface area contributed by atoms with Crippen LogP contribution in [-0.4, -0.2) is 20.9 Å². The van der Waals surface area contributed by atoms with Gasteiger partial charge < -0.3 is 4.57 Å². The maximum Gasteiger partial charge on any atom is 0.168 e. The molecule has 10 heavy (non-hydrogen) atoms. The van der Waals surface area contributed by atoms with Crippen LogP contribution < -0.4 is 0 Å². The number of hydrogen-bond donors (Lipinski definition) is 0. The van der Waals surface area contributed by atoms with Gasteiger partial charge in [0.25, 0.3) is 0 Å². The fraction of sp³-hybridized carbons (Fsp3) is 0.500. The van der Waals surface area contributed by atoms with Gasteiger partial charge in [-0.2, -0.15) is 11.8 Å². The molecule has 0 saturated carbocycles. The van der Waals surface area contributed by atoms with E-state index in [1.807, 2.05) is 35.8 Å². The molecule has 0 radical (unpaired) electrons. The van der Waals surface area contributed by atoms with Crippen molar-refractivity contribution in [3.05, 3.63) is 12.4 Å². The van der Waals surface area contributed by atoms with Crippen LogP contribution in [0.2, 0.25) is 0 Å². The van der Waals surface area contributed by atoms with Gasteiger partial charge in [0.1, 0.15) is 0 Å². The second-order valence-corrected chi connectivity index (χ2v) is 4.05. The smallest absolute Gasteiger partial charge is 0.168 e. The Hall–Kier alpha value is -0.0900. The van der Waals surface area contributed by atoms with Crippen LogP contribution in [0.1, 0.15) is 0 Å². The van der Waals surface area contributed by atoms with E-state index in [2.05, 4.69) is 11.2 Å². The Balaban J connectivity index is 2.49. The molecule has 1 aromatic rings. The Labute approximate surface area is 69.4 Å². The van der Waals surface area contributed by atoms with Crippen molar-refractivity contribution >= 4 is 23.5 Å². The van der Waals surface area contributed by atoms with Gasteiger partial charge >= 0.3 is 0 Å². The number of imidazole rings is 1. The van der Waals surface area contributed by atoms with Gasteiger partial charge in [-0.1, -0.05) is 11.8 Å². The molecule has 0 fully saturated rings. The van der Waals surface area contributed by atoms with E-state index < -0.39 is 0 Å². The fourth-order valence-electron chi connectivity index (χ4n) is 0.603. The van der Waals surface area contributed by atoms with Crippen molar-refractivity contribution in [3.8, 4) is 0 Å². The third-order valence-corrected chi connectivity index (χ3v) is 3.15. The van der Waals surface area contributed by atoms with Gasteiger partial charge in [0.15, 0.2) is 5.16 Å². The molecule has 1 rings (SSSR count). The Bertz CT molecular complexity index is 197. The molecule has 1 aromatic heterocycles. The molecule has 0 atom stereocenters. The van der Waals surface area contributed by atoms with E-state index in [0.717, 1.165) is 10.2 Å². The summed E-state index contributed by atoms with van der Waals surface area (Å²) in [4.78, 5) is 4.17. The summed E-state index contributed by atoms with van der Waals surface area (Å²) in [7, 11) is 2.01. The van der Waals surface area contributed by atoms with Crippen LogP contribution in [0.25, 0.3) is 0 Å². The van der Waals surface area contributed by atoms with Crippen LogP contribution in [-0.2, 0) is 7.05 Å². The number of nitrogens with zero attached hydrogens (tertiary/aromatic N) is 2. The first-order valence-electron chi connectivity index (χ1n) is 2.93. The predicted octanol–water partition coefficient (Wildman–Crippen LogP) is 1.83. The van der Waals surface area contributed by atoms with Crippen LogP contribution in [0.5, 0.6) is 0 Å². The second-order valence-electron chi connectivity index (χ2n) is 1.87. The highest BCUT2D eigenvalue weighted by atomic mass is 32.2. The third kappa shape index (κ3) is 1.95. The van der Waals surface area contributed by atoms with Crippen molar-refractivity contribution in [3.63, 3.8) is 0 Å². The van der Waals surface area contributed by atoms with E-state index in [-0.39, 0.29) is 0 Å². The maximum absolute atomic E-state index is 4.17. The molecule has 4 heteroatoms. The van der Waals surface area contributed by atoms with Gasteiger partial charge in [0, 0.05) is 24.5 Å². The van der Waals surface area contributed by atoms with Crippen LogP contribution in [0.3, 0.4) is 0 Å². The molecular formula is C6H10N2S2. The topological polar surface area (TPSA) is 17.8 Å². The molecule has 56 valence electrons. The van der Waals surface area contributed by atoms with Crippen molar-refractivity contribution in [2.45, 2.75) is 5.16 Å². The molecule has 0 aliphatic heterocycles. The van der Waals surface area contributed by atoms with E-state index >= 15 is 0 Å². The van der Waals surface area contributed by atoms with E-state index in [1.54, 1.807) is 11.8 Å². The Kier molecular flexibility index (Phi) is 3.15. The molecule has 0 bridgehead atoms. The number of aromatic nitrogens is 2. The van der Waals surface area contributed by atoms with Crippen LogP contribution in [0.4, 0.5) is 0 Å². The molecule has 0 amide bonds. The minimum atomic E-state index is 1.07. The molecule has 1 heterocycles. The molecule has 0 unspecified atom stereocenters. The van der Waals surface area contributed by atoms with Crippen molar-refractivity contribution < 1.29 is 0 Å². The van der Waals surface area contributed by atoms with Crippen molar-refractivity contribution in [2.75, 3.05) is 11.3 Å². The molecule has 0 aliphatic rings. The summed E-state index contributed by atoms with van der Waals surface area (Å²) in [6.45, 7) is 0. The minimum Gasteiger partial charge on any atom is -0.329 e. The summed E-state index contributed by atoms with van der Waals surface area (Å²) in [5.74, 6) is 0. The van der Waals surface area contributed by atoms with E-state index in [4.69, 9.17) is 0 Å². The van der Waals surface area contributed by atoms with Crippen LogP contribution in [0.15, 0.2) is 17.6 Å². The zero-order chi connectivity index (χ0) is 7.40. The first-order chi connectivity index (χ1) is 4.84. The van der Waals surface area contributed by atoms with Crippen LogP contribution >= 0.6 is 23.5 Å². The highest BCUT2D eigenvalue weighted by Crippen LogP contribution is 2.17. The van der Waals surface area contributed by atoms with Crippen LogP contribution in [0, 0.1) is 0 Å². The van der Waals surface area contributed by atoms with Crippen molar-refractivity contribution in [1.29, 1.82) is 0 Å². The molecule has 0 aromatic carbocycles. The Morgan fingerprint density at radius 2 is 2.50 bits per heavy atom. The maximum atomic E-state index is 4.17. The molecule has 0 N–H and O–H groups in total. The highest BCUT2D eigenvalue weighted by Gasteiger charge is 1.96. The van der Waals surface area contributed by atoms with E-state index in [0.29, 0.717) is 0 Å². The van der Waals surface area contributed by atoms with Crippen molar-refractivity contribution in [2.24, 2.45) is 7.05 Å². The molecular weight excluding hydrogens is 164 g/mol. The lowest BCUT2D eigenvalue weighted by atomic mass is 10.9. The highest BCUT2D eigenvalue weighted by molar-refractivity contribution is 8.15. The molecule has 0 spiro atoms. The quantitative estimate of drug-likeness (QED) is 0.514. The van der Waals surface area contributed by atoms with Gasteiger partial charge in [-0.05, 0) is 6.26 Å². The standard InChI is InChI=1S/C6H10N2S2/c1-8-4-3-7-6(8)10-5-9-2/h3-4H,5H2,1-2H3. The average Bonchev–Trinajstić information content (AvgIpc) is 2.31. The number of hydrogen-bond acceptors (Lipinski definition) is 3. The largest absolute Gasteiger partial charge is 0.329 e. The van der Waals surface area contributed by atoms with Crippen molar-refractivity contribution in [1.82, 2.24) is 9.55 Å². The molecule has 0 saturated heterocycles. The van der Waals surface area contributed by atoms with Gasteiger partial charge in [-0.25, -0.2) is 4.98 Å². The number of aryl methyl sites for hydroxylation is 1. The monoisotopic (exact) mass is 174 g/mol. The summed E-state index contributed by atoms with van der Waals surface area (Å²) in [5, 5.41) is 2.17. The zero-order valence-corrected chi connectivity index (χ0v) is 7.71. The average molecular weight is 174 g/mol. The number of rotatable bonds is 3. The summed E-state index contributed by atoms with van der Waals surface area (Å²) < 4.78 is 2.03. The third-order valence-electron chi connectivity index (χ3n) is 1.08. The first kappa shape index (κ1) is 8.01. The van der Waals surface area contributed by atoms with Gasteiger partial charge in [-0.15, -0.1) is 0 Å². The summed E-state index contributed by atoms with van der Waals surface area (Å²) >= 11 is 3.59. The summed E-state index contributed by atoms with van der Waals surface area (Å²) in [5.41, 5.74) is 0. The molecule has 2 nitrogen and oxygen atoms in total. The fourth-order valence-corrected chi connectivity index (χ4v) is 1.90. The SMILES string of the molecule is CSCSc1nccn1C. The van der Waals surface area contributed by atoms with Gasteiger partial charge in [0.05, 0.1) is 0 Å². The lowest BCUT2D eigenvalue weighted by Crippen LogP contribution is -1.87. The van der Waals surface area contributed by atoms with E-state index in [9.17, 15) is 0 Å². The number of thioether (sulfide) groups is 2. The second kappa shape index (κ2) is 3.93. The van der Waals surface area contributed by atoms with Gasteiger partial charge in [0.2, 0.25) is 0 Å². The zero-order valence-electron chi connectivity index (χ0n) is 6.07. The van der Waals surface area contributed by atoms with Gasteiger partial charge in [-0.3, -0.25) is 0 Å². The summed E-state index contributed by atoms with van der Waals surface area (Å²) in [6, 6.07) is 0. The first-order valence-corrected chi connectivity index (χ1v) is 5.31. The normalized spacial score (nSPS) is 10.2.